The molecule has 0 saturated heterocycles. The Morgan fingerprint density at radius 1 is 1.20 bits per heavy atom. The van der Waals surface area contributed by atoms with Gasteiger partial charge in [-0.25, -0.2) is 0 Å². The summed E-state index contributed by atoms with van der Waals surface area (Å²) in [6.07, 6.45) is 0. The average Bonchev–Trinajstić information content (AvgIpc) is 1.91. The van der Waals surface area contributed by atoms with Crippen LogP contribution in [0.2, 0.25) is 0 Å². The van der Waals surface area contributed by atoms with Crippen LogP contribution in [0, 0.1) is 0 Å². The first-order chi connectivity index (χ1) is 4.43. The summed E-state index contributed by atoms with van der Waals surface area (Å²) in [4.78, 5) is 9.75. The molecule has 1 aromatic carbocycles. The third-order valence-corrected chi connectivity index (χ3v) is 0.927. The van der Waals surface area contributed by atoms with Crippen molar-refractivity contribution in [2.75, 3.05) is 0 Å². The third-order valence-electron chi connectivity index (χ3n) is 0.927. The molecule has 0 N–H and O–H groups in total. The van der Waals surface area contributed by atoms with Crippen molar-refractivity contribution in [2.45, 2.75) is 0 Å². The predicted molar refractivity (Wildman–Crippen MR) is 33.1 cm³/mol. The average molecular weight is 235 g/mol. The molecule has 0 atom stereocenters. The van der Waals surface area contributed by atoms with Crippen LogP contribution in [0.15, 0.2) is 30.3 Å². The summed E-state index contributed by atoms with van der Waals surface area (Å²) in [6.45, 7) is 0.412. The molecule has 0 aliphatic heterocycles. The number of carbonyl (C=O) groups is 1. The van der Waals surface area contributed by atoms with Gasteiger partial charge in [-0.1, -0.05) is 18.2 Å². The first-order valence-electron chi connectivity index (χ1n) is 2.59. The van der Waals surface area contributed by atoms with Crippen LogP contribution in [0.25, 0.3) is 0 Å². The zero-order valence-electron chi connectivity index (χ0n) is 5.49. The molecule has 1 aromatic rings. The Morgan fingerprint density at radius 3 is 2.30 bits per heavy atom. The molecule has 0 heterocycles. The molecule has 0 saturated carbocycles. The molecule has 0 amide bonds. The number of hydrogen-bond donors (Lipinski definition) is 0. The van der Waals surface area contributed by atoms with Gasteiger partial charge < -0.3 is 4.74 Å². The van der Waals surface area contributed by atoms with Gasteiger partial charge in [0, 0.05) is 27.3 Å². The fraction of sp³-hybridized carbons (Fsp3) is 0. The van der Waals surface area contributed by atoms with E-state index in [0.717, 1.165) is 0 Å². The van der Waals surface area contributed by atoms with E-state index >= 15 is 0 Å². The van der Waals surface area contributed by atoms with Gasteiger partial charge in [0.1, 0.15) is 5.75 Å². The van der Waals surface area contributed by atoms with Crippen molar-refractivity contribution < 1.29 is 36.8 Å². The molecule has 48 valence electrons. The zero-order valence-corrected chi connectivity index (χ0v) is 9.52. The second kappa shape index (κ2) is 5.40. The molecule has 0 aliphatic rings. The molecule has 1 rings (SSSR count). The quantitative estimate of drug-likeness (QED) is 0.568. The van der Waals surface area contributed by atoms with Crippen LogP contribution >= 0.6 is 0 Å². The van der Waals surface area contributed by atoms with Gasteiger partial charge in [-0.05, 0) is 12.1 Å². The molecule has 3 heteroatoms. The van der Waals surface area contributed by atoms with Crippen molar-refractivity contribution in [1.82, 2.24) is 0 Å². The Bertz CT molecular complexity index is 186. The second-order valence-electron chi connectivity index (χ2n) is 1.53. The monoisotopic (exact) mass is 236 g/mol. The maximum Gasteiger partial charge on any atom is 0.298 e. The number of para-hydroxylation sites is 1. The van der Waals surface area contributed by atoms with E-state index in [2.05, 4.69) is 4.74 Å². The van der Waals surface area contributed by atoms with E-state index in [4.69, 9.17) is 0 Å². The van der Waals surface area contributed by atoms with Crippen LogP contribution in [0.3, 0.4) is 0 Å². The number of benzene rings is 1. The van der Waals surface area contributed by atoms with E-state index in [0.29, 0.717) is 12.2 Å². The third kappa shape index (κ3) is 2.96. The fourth-order valence-corrected chi connectivity index (χ4v) is 0.555. The molecule has 0 radical (unpaired) electrons. The summed E-state index contributed by atoms with van der Waals surface area (Å²) >= 11 is 0. The number of ether oxygens (including phenoxy) is 1. The summed E-state index contributed by atoms with van der Waals surface area (Å²) < 4.78 is 4.53. The Labute approximate surface area is 79.4 Å². The summed E-state index contributed by atoms with van der Waals surface area (Å²) in [5.41, 5.74) is 0. The smallest absolute Gasteiger partial charge is 0.298 e. The molecule has 0 aliphatic carbocycles. The normalized spacial score (nSPS) is 7.60. The number of hydrogen-bond acceptors (Lipinski definition) is 2. The van der Waals surface area contributed by atoms with Gasteiger partial charge in [-0.3, -0.25) is 4.79 Å². The molecular weight excluding hydrogens is 228 g/mol. The molecule has 2 nitrogen and oxygen atoms in total. The van der Waals surface area contributed by atoms with Crippen molar-refractivity contribution in [3.8, 4) is 5.75 Å². The molecule has 0 fully saturated rings. The van der Waals surface area contributed by atoms with E-state index in [1.54, 1.807) is 24.3 Å². The van der Waals surface area contributed by atoms with Gasteiger partial charge in [-0.2, -0.15) is 0 Å². The van der Waals surface area contributed by atoms with Crippen LogP contribution in [0.5, 0.6) is 5.75 Å². The van der Waals surface area contributed by atoms with Crippen molar-refractivity contribution in [3.05, 3.63) is 30.3 Å². The van der Waals surface area contributed by atoms with Crippen molar-refractivity contribution in [3.63, 3.8) is 0 Å². The molecular formula is C7H6CdO2. The Balaban J connectivity index is 0.000000810. The van der Waals surface area contributed by atoms with Crippen molar-refractivity contribution in [1.29, 1.82) is 0 Å². The largest absolute Gasteiger partial charge is 0.429 e. The van der Waals surface area contributed by atoms with E-state index in [1.807, 2.05) is 6.07 Å². The second-order valence-corrected chi connectivity index (χ2v) is 1.53. The SMILES string of the molecule is O=COc1ccccc1.[Cd]. The van der Waals surface area contributed by atoms with Gasteiger partial charge >= 0.3 is 0 Å². The summed E-state index contributed by atoms with van der Waals surface area (Å²) in [6, 6.07) is 8.90. The Hall–Kier alpha value is -0.388. The first kappa shape index (κ1) is 9.61. The Kier molecular flexibility index (Phi) is 5.19. The van der Waals surface area contributed by atoms with Gasteiger partial charge in [0.2, 0.25) is 0 Å². The van der Waals surface area contributed by atoms with Gasteiger partial charge in [0.15, 0.2) is 0 Å². The van der Waals surface area contributed by atoms with Crippen molar-refractivity contribution >= 4 is 6.47 Å². The topological polar surface area (TPSA) is 26.3 Å². The van der Waals surface area contributed by atoms with Gasteiger partial charge in [0.05, 0.1) is 0 Å². The van der Waals surface area contributed by atoms with Crippen LogP contribution in [-0.2, 0) is 32.1 Å². The van der Waals surface area contributed by atoms with E-state index in [-0.39, 0.29) is 27.3 Å². The molecule has 10 heavy (non-hydrogen) atoms. The first-order valence-corrected chi connectivity index (χ1v) is 2.59. The van der Waals surface area contributed by atoms with Crippen LogP contribution < -0.4 is 4.74 Å². The Morgan fingerprint density at radius 2 is 1.80 bits per heavy atom. The van der Waals surface area contributed by atoms with Crippen LogP contribution in [0.4, 0.5) is 0 Å². The summed E-state index contributed by atoms with van der Waals surface area (Å²) in [5.74, 6) is 0.576. The molecule has 0 bridgehead atoms. The minimum atomic E-state index is 0. The van der Waals surface area contributed by atoms with Crippen LogP contribution in [0.1, 0.15) is 0 Å². The summed E-state index contributed by atoms with van der Waals surface area (Å²) in [7, 11) is 0. The van der Waals surface area contributed by atoms with Crippen molar-refractivity contribution in [2.24, 2.45) is 0 Å². The zero-order chi connectivity index (χ0) is 6.53. The van der Waals surface area contributed by atoms with E-state index < -0.39 is 0 Å². The minimum absolute atomic E-state index is 0. The molecule has 0 aromatic heterocycles. The number of carbonyl (C=O) groups excluding carboxylic acids is 1. The van der Waals surface area contributed by atoms with Gasteiger partial charge in [-0.15, -0.1) is 0 Å². The standard InChI is InChI=1S/C7H6O2.Cd/c8-6-9-7-4-2-1-3-5-7;/h1-6H;. The van der Waals surface area contributed by atoms with Crippen LogP contribution in [-0.4, -0.2) is 6.47 Å². The van der Waals surface area contributed by atoms with E-state index in [1.165, 1.54) is 0 Å². The number of rotatable bonds is 2. The minimum Gasteiger partial charge on any atom is -0.429 e. The maximum absolute atomic E-state index is 9.75. The fourth-order valence-electron chi connectivity index (χ4n) is 0.555. The van der Waals surface area contributed by atoms with Gasteiger partial charge in [0.25, 0.3) is 6.47 Å². The summed E-state index contributed by atoms with van der Waals surface area (Å²) in [5, 5.41) is 0. The molecule has 0 spiro atoms. The van der Waals surface area contributed by atoms with E-state index in [9.17, 15) is 4.79 Å². The maximum atomic E-state index is 9.75. The molecule has 0 unspecified atom stereocenters. The predicted octanol–water partition coefficient (Wildman–Crippen LogP) is 1.22.